The number of likely N-dealkylation sites (tertiary alicyclic amines) is 1. The number of carbonyl (C=O) groups excluding carboxylic acids is 3. The van der Waals surface area contributed by atoms with Gasteiger partial charge >= 0.3 is 0 Å². The minimum absolute atomic E-state index is 0.107. The van der Waals surface area contributed by atoms with E-state index in [4.69, 9.17) is 11.6 Å². The Morgan fingerprint density at radius 3 is 2.56 bits per heavy atom. The largest absolute Gasteiger partial charge is 0.351 e. The minimum Gasteiger partial charge on any atom is -0.351 e. The first-order valence-electron chi connectivity index (χ1n) is 12.1. The van der Waals surface area contributed by atoms with Gasteiger partial charge in [0.25, 0.3) is 11.8 Å². The molecule has 0 unspecified atom stereocenters. The van der Waals surface area contributed by atoms with Crippen molar-refractivity contribution in [3.8, 4) is 0 Å². The molecule has 1 saturated heterocycles. The standard InChI is InChI=1S/C25H29ClN6O3S/c1-13(2)31-7-6-18-22(12-31)36-25(30-18)24(35)29-21-11-32(14(3)33)10-20(21)28-23(34)19-9-15-8-16(26)4-5-17(15)27-19/h4-5,8-9,13,20-21,27H,6-7,10-12H2,1-3H3,(H,28,34)(H,29,35)/t20-,21+/m0/s1. The van der Waals surface area contributed by atoms with Gasteiger partial charge in [-0.2, -0.15) is 0 Å². The van der Waals surface area contributed by atoms with Crippen LogP contribution in [0.5, 0.6) is 0 Å². The number of halogens is 1. The molecule has 3 N–H and O–H groups in total. The van der Waals surface area contributed by atoms with Crippen molar-refractivity contribution in [3.63, 3.8) is 0 Å². The van der Waals surface area contributed by atoms with Crippen molar-refractivity contribution < 1.29 is 14.4 Å². The van der Waals surface area contributed by atoms with Crippen LogP contribution in [0.1, 0.15) is 51.6 Å². The number of amides is 3. The maximum absolute atomic E-state index is 13.1. The second-order valence-corrected chi connectivity index (χ2v) is 11.2. The van der Waals surface area contributed by atoms with Crippen molar-refractivity contribution in [2.24, 2.45) is 0 Å². The van der Waals surface area contributed by atoms with Crippen LogP contribution in [-0.2, 0) is 17.8 Å². The molecule has 1 aromatic carbocycles. The molecule has 3 aromatic rings. The van der Waals surface area contributed by atoms with Crippen LogP contribution in [0, 0.1) is 0 Å². The van der Waals surface area contributed by atoms with E-state index in [1.54, 1.807) is 23.1 Å². The van der Waals surface area contributed by atoms with E-state index in [-0.39, 0.29) is 17.7 Å². The van der Waals surface area contributed by atoms with Gasteiger partial charge in [0.05, 0.1) is 17.8 Å². The van der Waals surface area contributed by atoms with Crippen LogP contribution in [0.25, 0.3) is 10.9 Å². The Labute approximate surface area is 218 Å². The van der Waals surface area contributed by atoms with Crippen molar-refractivity contribution in [1.29, 1.82) is 0 Å². The summed E-state index contributed by atoms with van der Waals surface area (Å²) < 4.78 is 0. The summed E-state index contributed by atoms with van der Waals surface area (Å²) in [5, 5.41) is 7.86. The Hall–Kier alpha value is -2.95. The maximum atomic E-state index is 13.1. The number of H-pyrrole nitrogens is 1. The second kappa shape index (κ2) is 9.84. The zero-order valence-corrected chi connectivity index (χ0v) is 22.0. The fourth-order valence-corrected chi connectivity index (χ4v) is 6.03. The first-order chi connectivity index (χ1) is 17.2. The fourth-order valence-electron chi connectivity index (χ4n) is 4.81. The van der Waals surface area contributed by atoms with E-state index in [9.17, 15) is 14.4 Å². The molecular weight excluding hydrogens is 500 g/mol. The molecule has 11 heteroatoms. The van der Waals surface area contributed by atoms with Crippen molar-refractivity contribution >= 4 is 51.6 Å². The smallest absolute Gasteiger partial charge is 0.280 e. The van der Waals surface area contributed by atoms with Gasteiger partial charge in [-0.25, -0.2) is 4.98 Å². The highest BCUT2D eigenvalue weighted by molar-refractivity contribution is 7.13. The highest BCUT2D eigenvalue weighted by Gasteiger charge is 2.37. The van der Waals surface area contributed by atoms with Gasteiger partial charge in [0.1, 0.15) is 5.69 Å². The van der Waals surface area contributed by atoms with Gasteiger partial charge in [-0.05, 0) is 38.1 Å². The zero-order valence-electron chi connectivity index (χ0n) is 20.4. The Balaban J connectivity index is 1.30. The molecule has 0 spiro atoms. The van der Waals surface area contributed by atoms with Crippen LogP contribution >= 0.6 is 22.9 Å². The van der Waals surface area contributed by atoms with E-state index in [1.165, 1.54) is 18.3 Å². The SMILES string of the molecule is CC(=O)N1C[C@H](NC(=O)c2cc3cc(Cl)ccc3[nH]2)[C@H](NC(=O)c2nc3c(s2)CN(C(C)C)CC3)C1. The van der Waals surface area contributed by atoms with Crippen molar-refractivity contribution in [2.75, 3.05) is 19.6 Å². The van der Waals surface area contributed by atoms with Crippen LogP contribution < -0.4 is 10.6 Å². The summed E-state index contributed by atoms with van der Waals surface area (Å²) in [6.07, 6.45) is 0.827. The van der Waals surface area contributed by atoms with Crippen molar-refractivity contribution in [2.45, 2.75) is 51.9 Å². The van der Waals surface area contributed by atoms with Gasteiger partial charge in [-0.1, -0.05) is 11.6 Å². The number of aromatic amines is 1. The average Bonchev–Trinajstić information content (AvgIpc) is 3.54. The van der Waals surface area contributed by atoms with Crippen LogP contribution in [0.4, 0.5) is 0 Å². The summed E-state index contributed by atoms with van der Waals surface area (Å²) in [4.78, 5) is 51.1. The van der Waals surface area contributed by atoms with Gasteiger partial charge in [0, 0.05) is 66.4 Å². The summed E-state index contributed by atoms with van der Waals surface area (Å²) >= 11 is 7.49. The molecule has 9 nitrogen and oxygen atoms in total. The molecule has 190 valence electrons. The first kappa shape index (κ1) is 24.7. The number of aromatic nitrogens is 2. The van der Waals surface area contributed by atoms with Crippen LogP contribution in [0.3, 0.4) is 0 Å². The number of benzene rings is 1. The Morgan fingerprint density at radius 2 is 1.86 bits per heavy atom. The second-order valence-electron chi connectivity index (χ2n) is 9.70. The Kier molecular flexibility index (Phi) is 6.76. The maximum Gasteiger partial charge on any atom is 0.280 e. The lowest BCUT2D eigenvalue weighted by atomic mass is 10.1. The minimum atomic E-state index is -0.439. The molecule has 2 aliphatic rings. The van der Waals surface area contributed by atoms with Crippen molar-refractivity contribution in [1.82, 2.24) is 30.4 Å². The predicted octanol–water partition coefficient (Wildman–Crippen LogP) is 2.80. The molecule has 2 atom stereocenters. The third kappa shape index (κ3) is 4.98. The normalized spacial score (nSPS) is 20.1. The van der Waals surface area contributed by atoms with E-state index >= 15 is 0 Å². The van der Waals surface area contributed by atoms with E-state index < -0.39 is 12.1 Å². The third-order valence-corrected chi connectivity index (χ3v) is 8.23. The molecule has 0 bridgehead atoms. The predicted molar refractivity (Wildman–Crippen MR) is 139 cm³/mol. The Morgan fingerprint density at radius 1 is 1.14 bits per heavy atom. The molecule has 36 heavy (non-hydrogen) atoms. The molecule has 0 aliphatic carbocycles. The van der Waals surface area contributed by atoms with Crippen molar-refractivity contribution in [3.05, 3.63) is 50.6 Å². The molecule has 2 aromatic heterocycles. The summed E-state index contributed by atoms with van der Waals surface area (Å²) in [6, 6.07) is 6.66. The molecule has 0 saturated carbocycles. The number of carbonyl (C=O) groups is 3. The molecule has 1 fully saturated rings. The lowest BCUT2D eigenvalue weighted by Gasteiger charge is -2.29. The molecule has 2 aliphatic heterocycles. The van der Waals surface area contributed by atoms with Crippen LogP contribution in [-0.4, -0.2) is 75.2 Å². The number of fused-ring (bicyclic) bond motifs is 2. The molecule has 5 rings (SSSR count). The number of hydrogen-bond acceptors (Lipinski definition) is 6. The lowest BCUT2D eigenvalue weighted by molar-refractivity contribution is -0.127. The monoisotopic (exact) mass is 528 g/mol. The number of nitrogens with zero attached hydrogens (tertiary/aromatic N) is 3. The quantitative estimate of drug-likeness (QED) is 0.471. The van der Waals surface area contributed by atoms with E-state index in [0.29, 0.717) is 34.9 Å². The van der Waals surface area contributed by atoms with Gasteiger partial charge in [-0.3, -0.25) is 19.3 Å². The molecular formula is C25H29ClN6O3S. The fraction of sp³-hybridized carbons (Fsp3) is 0.440. The average molecular weight is 529 g/mol. The summed E-state index contributed by atoms with van der Waals surface area (Å²) in [5.74, 6) is -0.694. The van der Waals surface area contributed by atoms with Gasteiger partial charge in [-0.15, -0.1) is 11.3 Å². The molecule has 4 heterocycles. The lowest BCUT2D eigenvalue weighted by Crippen LogP contribution is -2.51. The van der Waals surface area contributed by atoms with E-state index in [1.807, 2.05) is 6.07 Å². The summed E-state index contributed by atoms with van der Waals surface area (Å²) in [7, 11) is 0. The van der Waals surface area contributed by atoms with Crippen LogP contribution in [0.2, 0.25) is 5.02 Å². The number of thiazole rings is 1. The number of hydrogen-bond donors (Lipinski definition) is 3. The third-order valence-electron chi connectivity index (χ3n) is 6.91. The first-order valence-corrected chi connectivity index (χ1v) is 13.3. The van der Waals surface area contributed by atoms with Gasteiger partial charge in [0.2, 0.25) is 5.91 Å². The van der Waals surface area contributed by atoms with Crippen LogP contribution in [0.15, 0.2) is 24.3 Å². The molecule has 3 amide bonds. The Bertz CT molecular complexity index is 1330. The molecule has 0 radical (unpaired) electrons. The zero-order chi connectivity index (χ0) is 25.6. The summed E-state index contributed by atoms with van der Waals surface area (Å²) in [5.41, 5.74) is 2.18. The van der Waals surface area contributed by atoms with Gasteiger partial charge in [0.15, 0.2) is 5.01 Å². The number of nitrogens with one attached hydrogen (secondary N) is 3. The summed E-state index contributed by atoms with van der Waals surface area (Å²) in [6.45, 7) is 8.18. The number of rotatable bonds is 5. The van der Waals surface area contributed by atoms with E-state index in [2.05, 4.69) is 39.3 Å². The highest BCUT2D eigenvalue weighted by Crippen LogP contribution is 2.27. The van der Waals surface area contributed by atoms with E-state index in [0.717, 1.165) is 41.0 Å². The highest BCUT2D eigenvalue weighted by atomic mass is 35.5. The van der Waals surface area contributed by atoms with Gasteiger partial charge < -0.3 is 20.5 Å². The topological polar surface area (TPSA) is 110 Å².